The third-order valence-electron chi connectivity index (χ3n) is 3.96. The highest BCUT2D eigenvalue weighted by Gasteiger charge is 2.33. The maximum absolute atomic E-state index is 11.5. The van der Waals surface area contributed by atoms with Gasteiger partial charge in [0.15, 0.2) is 11.5 Å². The highest BCUT2D eigenvalue weighted by atomic mass is 35.5. The Labute approximate surface area is 137 Å². The van der Waals surface area contributed by atoms with Crippen molar-refractivity contribution >= 4 is 34.3 Å². The lowest BCUT2D eigenvalue weighted by atomic mass is 10.1. The second-order valence-electron chi connectivity index (χ2n) is 5.23. The molecule has 7 nitrogen and oxygen atoms in total. The van der Waals surface area contributed by atoms with Crippen LogP contribution in [0.3, 0.4) is 0 Å². The van der Waals surface area contributed by atoms with E-state index in [-0.39, 0.29) is 5.28 Å². The second-order valence-corrected chi connectivity index (χ2v) is 5.57. The van der Waals surface area contributed by atoms with E-state index in [1.807, 2.05) is 0 Å². The van der Waals surface area contributed by atoms with Gasteiger partial charge in [0, 0.05) is 18.0 Å². The first-order valence-electron chi connectivity index (χ1n) is 7.14. The largest absolute Gasteiger partial charge is 0.493 e. The van der Waals surface area contributed by atoms with Crippen LogP contribution >= 0.6 is 11.6 Å². The van der Waals surface area contributed by atoms with E-state index >= 15 is 0 Å². The van der Waals surface area contributed by atoms with Gasteiger partial charge in [-0.1, -0.05) is 0 Å². The van der Waals surface area contributed by atoms with Crippen LogP contribution in [0.5, 0.6) is 11.5 Å². The number of fused-ring (bicyclic) bond motifs is 1. The van der Waals surface area contributed by atoms with Crippen LogP contribution in [0.25, 0.3) is 10.9 Å². The number of anilines is 1. The van der Waals surface area contributed by atoms with Gasteiger partial charge in [0.25, 0.3) is 0 Å². The predicted octanol–water partition coefficient (Wildman–Crippen LogP) is 2.35. The van der Waals surface area contributed by atoms with Crippen LogP contribution in [-0.4, -0.2) is 47.8 Å². The van der Waals surface area contributed by atoms with Crippen molar-refractivity contribution in [3.8, 4) is 11.5 Å². The Balaban J connectivity index is 2.21. The van der Waals surface area contributed by atoms with Gasteiger partial charge in [-0.25, -0.2) is 9.78 Å². The van der Waals surface area contributed by atoms with Crippen LogP contribution in [0.15, 0.2) is 12.1 Å². The lowest BCUT2D eigenvalue weighted by Gasteiger charge is -2.24. The molecule has 0 radical (unpaired) electrons. The molecule has 122 valence electrons. The van der Waals surface area contributed by atoms with Crippen molar-refractivity contribution < 1.29 is 19.4 Å². The van der Waals surface area contributed by atoms with Crippen molar-refractivity contribution in [2.24, 2.45) is 0 Å². The van der Waals surface area contributed by atoms with E-state index in [0.717, 1.165) is 6.42 Å². The van der Waals surface area contributed by atoms with E-state index in [2.05, 4.69) is 9.97 Å². The number of methoxy groups -OCH3 is 2. The smallest absolute Gasteiger partial charge is 0.326 e. The van der Waals surface area contributed by atoms with Gasteiger partial charge in [0.05, 0.1) is 19.7 Å². The zero-order valence-corrected chi connectivity index (χ0v) is 13.5. The van der Waals surface area contributed by atoms with Crippen LogP contribution in [0.1, 0.15) is 12.8 Å². The molecular weight excluding hydrogens is 322 g/mol. The van der Waals surface area contributed by atoms with Crippen molar-refractivity contribution in [3.05, 3.63) is 17.4 Å². The maximum atomic E-state index is 11.5. The number of hydrogen-bond donors (Lipinski definition) is 1. The Morgan fingerprint density at radius 2 is 2.00 bits per heavy atom. The number of carboxylic acid groups (broad SMARTS) is 1. The molecule has 0 saturated carbocycles. The fourth-order valence-electron chi connectivity index (χ4n) is 2.91. The van der Waals surface area contributed by atoms with Crippen molar-refractivity contribution in [2.45, 2.75) is 18.9 Å². The summed E-state index contributed by atoms with van der Waals surface area (Å²) in [6, 6.07) is 2.84. The van der Waals surface area contributed by atoms with Crippen molar-refractivity contribution in [1.82, 2.24) is 9.97 Å². The van der Waals surface area contributed by atoms with E-state index in [0.29, 0.717) is 41.2 Å². The molecule has 0 bridgehead atoms. The number of rotatable bonds is 4. The second kappa shape index (κ2) is 6.08. The molecule has 1 N–H and O–H groups in total. The first-order valence-corrected chi connectivity index (χ1v) is 7.51. The van der Waals surface area contributed by atoms with Crippen molar-refractivity contribution in [2.75, 3.05) is 25.7 Å². The lowest BCUT2D eigenvalue weighted by molar-refractivity contribution is -0.138. The monoisotopic (exact) mass is 337 g/mol. The maximum Gasteiger partial charge on any atom is 0.326 e. The number of benzene rings is 1. The van der Waals surface area contributed by atoms with Crippen LogP contribution in [-0.2, 0) is 4.79 Å². The van der Waals surface area contributed by atoms with Crippen molar-refractivity contribution in [1.29, 1.82) is 0 Å². The number of carbonyl (C=O) groups is 1. The minimum absolute atomic E-state index is 0.0655. The molecule has 8 heteroatoms. The van der Waals surface area contributed by atoms with Gasteiger partial charge >= 0.3 is 5.97 Å². The Bertz CT molecular complexity index is 768. The first-order chi connectivity index (χ1) is 11.0. The molecule has 1 unspecified atom stereocenters. The molecule has 2 heterocycles. The summed E-state index contributed by atoms with van der Waals surface area (Å²) in [7, 11) is 3.07. The van der Waals surface area contributed by atoms with E-state index < -0.39 is 12.0 Å². The summed E-state index contributed by atoms with van der Waals surface area (Å²) in [5.74, 6) is 0.687. The van der Waals surface area contributed by atoms with Crippen LogP contribution < -0.4 is 14.4 Å². The van der Waals surface area contributed by atoms with Gasteiger partial charge in [-0.3, -0.25) is 0 Å². The topological polar surface area (TPSA) is 84.8 Å². The van der Waals surface area contributed by atoms with Gasteiger partial charge in [0.2, 0.25) is 5.28 Å². The van der Waals surface area contributed by atoms with Crippen LogP contribution in [0, 0.1) is 0 Å². The molecule has 2 aromatic rings. The Morgan fingerprint density at radius 3 is 2.65 bits per heavy atom. The molecular formula is C15H16ClN3O4. The summed E-state index contributed by atoms with van der Waals surface area (Å²) in [4.78, 5) is 21.7. The van der Waals surface area contributed by atoms with E-state index in [4.69, 9.17) is 21.1 Å². The zero-order chi connectivity index (χ0) is 16.6. The number of hydrogen-bond acceptors (Lipinski definition) is 6. The molecule has 1 atom stereocenters. The molecule has 3 rings (SSSR count). The number of aliphatic carboxylic acids is 1. The SMILES string of the molecule is COc1cc2nc(Cl)nc(N3CCCC3C(=O)O)c2cc1OC. The van der Waals surface area contributed by atoms with Gasteiger partial charge < -0.3 is 19.5 Å². The minimum Gasteiger partial charge on any atom is -0.493 e. The van der Waals surface area contributed by atoms with Crippen LogP contribution in [0.2, 0.25) is 5.28 Å². The normalized spacial score (nSPS) is 17.5. The molecule has 0 spiro atoms. The summed E-state index contributed by atoms with van der Waals surface area (Å²) >= 11 is 6.03. The summed E-state index contributed by atoms with van der Waals surface area (Å²) in [5.41, 5.74) is 0.577. The molecule has 1 fully saturated rings. The number of aromatic nitrogens is 2. The zero-order valence-electron chi connectivity index (χ0n) is 12.7. The highest BCUT2D eigenvalue weighted by molar-refractivity contribution is 6.28. The first kappa shape index (κ1) is 15.6. The van der Waals surface area contributed by atoms with Crippen LogP contribution in [0.4, 0.5) is 5.82 Å². The van der Waals surface area contributed by atoms with Crippen molar-refractivity contribution in [3.63, 3.8) is 0 Å². The molecule has 0 aliphatic carbocycles. The highest BCUT2D eigenvalue weighted by Crippen LogP contribution is 2.37. The summed E-state index contributed by atoms with van der Waals surface area (Å²) in [6.45, 7) is 0.605. The number of halogens is 1. The molecule has 1 aliphatic rings. The quantitative estimate of drug-likeness (QED) is 0.857. The molecule has 1 aromatic heterocycles. The number of ether oxygens (including phenoxy) is 2. The van der Waals surface area contributed by atoms with Gasteiger partial charge in [-0.2, -0.15) is 4.98 Å². The molecule has 0 amide bonds. The number of carboxylic acids is 1. The molecule has 23 heavy (non-hydrogen) atoms. The number of nitrogens with zero attached hydrogens (tertiary/aromatic N) is 3. The third-order valence-corrected chi connectivity index (χ3v) is 4.13. The minimum atomic E-state index is -0.870. The predicted molar refractivity (Wildman–Crippen MR) is 85.7 cm³/mol. The molecule has 1 aliphatic heterocycles. The van der Waals surface area contributed by atoms with E-state index in [9.17, 15) is 9.90 Å². The van der Waals surface area contributed by atoms with Gasteiger partial charge in [-0.05, 0) is 30.5 Å². The fourth-order valence-corrected chi connectivity index (χ4v) is 3.08. The molecule has 1 saturated heterocycles. The standard InChI is InChI=1S/C15H16ClN3O4/c1-22-11-6-8-9(7-12(11)23-2)17-15(16)18-13(8)19-5-3-4-10(19)14(20)21/h6-7,10H,3-5H2,1-2H3,(H,20,21). The summed E-state index contributed by atoms with van der Waals surface area (Å²) in [6.07, 6.45) is 1.36. The summed E-state index contributed by atoms with van der Waals surface area (Å²) < 4.78 is 10.6. The lowest BCUT2D eigenvalue weighted by Crippen LogP contribution is -2.36. The van der Waals surface area contributed by atoms with Gasteiger partial charge in [0.1, 0.15) is 11.9 Å². The van der Waals surface area contributed by atoms with E-state index in [1.165, 1.54) is 14.2 Å². The third kappa shape index (κ3) is 2.72. The Kier molecular flexibility index (Phi) is 4.12. The summed E-state index contributed by atoms with van der Waals surface area (Å²) in [5, 5.41) is 10.2. The van der Waals surface area contributed by atoms with Gasteiger partial charge in [-0.15, -0.1) is 0 Å². The fraction of sp³-hybridized carbons (Fsp3) is 0.400. The van der Waals surface area contributed by atoms with E-state index in [1.54, 1.807) is 17.0 Å². The molecule has 1 aromatic carbocycles. The Morgan fingerprint density at radius 1 is 1.30 bits per heavy atom. The average molecular weight is 338 g/mol. The average Bonchev–Trinajstić information content (AvgIpc) is 3.02. The Hall–Kier alpha value is -2.28.